The van der Waals surface area contributed by atoms with Gasteiger partial charge < -0.3 is 9.90 Å². The summed E-state index contributed by atoms with van der Waals surface area (Å²) in [6.45, 7) is 7.62. The lowest BCUT2D eigenvalue weighted by Gasteiger charge is -2.62. The Morgan fingerprint density at radius 2 is 2.00 bits per heavy atom. The normalized spacial score (nSPS) is 39.4. The highest BCUT2D eigenvalue weighted by Gasteiger charge is 2.55. The minimum Gasteiger partial charge on any atom is -0.550 e. The maximum absolute atomic E-state index is 11.6. The number of carboxylic acids is 1. The summed E-state index contributed by atoms with van der Waals surface area (Å²) in [7, 11) is 0. The predicted octanol–water partition coefficient (Wildman–Crippen LogP) is 2.06. The average Bonchev–Trinajstić information content (AvgIpc) is 2.46. The van der Waals surface area contributed by atoms with Crippen LogP contribution in [0.5, 0.6) is 0 Å². The molecule has 5 atom stereocenters. The van der Waals surface area contributed by atoms with Crippen LogP contribution in [0.4, 0.5) is 0 Å². The maximum atomic E-state index is 11.6. The van der Waals surface area contributed by atoms with Crippen molar-refractivity contribution in [3.63, 3.8) is 0 Å². The van der Waals surface area contributed by atoms with Gasteiger partial charge in [-0.2, -0.15) is 0 Å². The molecule has 0 radical (unpaired) electrons. The fourth-order valence-corrected chi connectivity index (χ4v) is 4.51. The second-order valence-corrected chi connectivity index (χ2v) is 7.17. The maximum Gasteiger partial charge on any atom is 0.0461 e. The Bertz CT molecular complexity index is 529. The summed E-state index contributed by atoms with van der Waals surface area (Å²) in [5.41, 5.74) is 1.32. The van der Waals surface area contributed by atoms with Gasteiger partial charge in [0.1, 0.15) is 0 Å². The number of nitrogens with zero attached hydrogens (tertiary/aromatic N) is 1. The standard InChI is InChI=1S/C18H25NO2/c1-12-9-16-15(17(20)21)10-18(12,3)13(2)19(16)11-14-7-5-4-6-8-14/h4-8,12-13,15-16H,9-11H2,1-3H3,(H,20,21)/p-1. The summed E-state index contributed by atoms with van der Waals surface area (Å²) in [6, 6.07) is 10.9. The van der Waals surface area contributed by atoms with Crippen LogP contribution in [0.15, 0.2) is 30.3 Å². The topological polar surface area (TPSA) is 43.4 Å². The molecule has 2 saturated heterocycles. The summed E-state index contributed by atoms with van der Waals surface area (Å²) >= 11 is 0. The molecule has 2 heterocycles. The third-order valence-corrected chi connectivity index (χ3v) is 6.23. The lowest BCUT2D eigenvalue weighted by Crippen LogP contribution is -2.67. The third-order valence-electron chi connectivity index (χ3n) is 6.23. The average molecular weight is 286 g/mol. The van der Waals surface area contributed by atoms with Gasteiger partial charge >= 0.3 is 0 Å². The third kappa shape index (κ3) is 2.28. The van der Waals surface area contributed by atoms with Crippen LogP contribution in [0.2, 0.25) is 0 Å². The molecule has 0 aromatic heterocycles. The van der Waals surface area contributed by atoms with E-state index in [0.717, 1.165) is 19.4 Å². The first-order chi connectivity index (χ1) is 9.93. The van der Waals surface area contributed by atoms with E-state index in [0.29, 0.717) is 12.0 Å². The van der Waals surface area contributed by atoms with Gasteiger partial charge in [0.05, 0.1) is 0 Å². The second kappa shape index (κ2) is 5.13. The van der Waals surface area contributed by atoms with Crippen LogP contribution in [0.3, 0.4) is 0 Å². The van der Waals surface area contributed by atoms with Crippen LogP contribution in [0.1, 0.15) is 39.2 Å². The lowest BCUT2D eigenvalue weighted by atomic mass is 9.55. The molecule has 3 aliphatic rings. The molecule has 1 aliphatic carbocycles. The Balaban J connectivity index is 1.91. The molecule has 0 amide bonds. The highest BCUT2D eigenvalue weighted by molar-refractivity contribution is 5.69. The van der Waals surface area contributed by atoms with Gasteiger partial charge in [-0.3, -0.25) is 4.90 Å². The van der Waals surface area contributed by atoms with Crippen molar-refractivity contribution in [1.29, 1.82) is 0 Å². The Kier molecular flexibility index (Phi) is 3.56. The van der Waals surface area contributed by atoms with Gasteiger partial charge in [-0.15, -0.1) is 0 Å². The molecule has 4 rings (SSSR count). The van der Waals surface area contributed by atoms with Crippen molar-refractivity contribution >= 4 is 5.97 Å². The van der Waals surface area contributed by atoms with Crippen molar-refractivity contribution in [3.05, 3.63) is 35.9 Å². The summed E-state index contributed by atoms with van der Waals surface area (Å²) < 4.78 is 0. The van der Waals surface area contributed by atoms with E-state index in [1.165, 1.54) is 5.56 Å². The number of carbonyl (C=O) groups excluding carboxylic acids is 1. The van der Waals surface area contributed by atoms with Gasteiger partial charge in [-0.05, 0) is 36.7 Å². The SMILES string of the molecule is CC1CC2C(C(=O)[O-])CC1(C)C(C)N2Cc1ccccc1. The molecule has 2 aliphatic heterocycles. The number of aliphatic carboxylic acids is 1. The van der Waals surface area contributed by atoms with E-state index >= 15 is 0 Å². The predicted molar refractivity (Wildman–Crippen MR) is 80.2 cm³/mol. The zero-order valence-electron chi connectivity index (χ0n) is 13.1. The fourth-order valence-electron chi connectivity index (χ4n) is 4.51. The zero-order valence-corrected chi connectivity index (χ0v) is 13.1. The van der Waals surface area contributed by atoms with E-state index in [4.69, 9.17) is 0 Å². The number of rotatable bonds is 3. The molecule has 5 unspecified atom stereocenters. The van der Waals surface area contributed by atoms with Gasteiger partial charge in [-0.1, -0.05) is 44.2 Å². The number of hydrogen-bond donors (Lipinski definition) is 0. The molecule has 3 nitrogen and oxygen atoms in total. The summed E-state index contributed by atoms with van der Waals surface area (Å²) in [4.78, 5) is 14.0. The summed E-state index contributed by atoms with van der Waals surface area (Å²) in [5.74, 6) is -0.630. The number of hydrogen-bond acceptors (Lipinski definition) is 3. The van der Waals surface area contributed by atoms with Gasteiger partial charge in [-0.25, -0.2) is 0 Å². The molecule has 0 N–H and O–H groups in total. The van der Waals surface area contributed by atoms with Crippen molar-refractivity contribution < 1.29 is 9.90 Å². The first kappa shape index (κ1) is 14.6. The van der Waals surface area contributed by atoms with Crippen molar-refractivity contribution in [1.82, 2.24) is 4.90 Å². The first-order valence-corrected chi connectivity index (χ1v) is 7.94. The number of piperidine rings is 2. The van der Waals surface area contributed by atoms with E-state index in [1.807, 2.05) is 18.2 Å². The zero-order chi connectivity index (χ0) is 15.2. The number of carboxylic acid groups (broad SMARTS) is 1. The van der Waals surface area contributed by atoms with Crippen LogP contribution in [-0.4, -0.2) is 23.0 Å². The van der Waals surface area contributed by atoms with Crippen LogP contribution in [0, 0.1) is 17.3 Å². The minimum absolute atomic E-state index is 0.0638. The summed E-state index contributed by atoms with van der Waals surface area (Å²) in [5, 5.41) is 11.6. The Morgan fingerprint density at radius 1 is 1.33 bits per heavy atom. The Hall–Kier alpha value is -1.35. The highest BCUT2D eigenvalue weighted by atomic mass is 16.4. The van der Waals surface area contributed by atoms with Crippen molar-refractivity contribution in [2.45, 2.75) is 52.2 Å². The molecule has 0 spiro atoms. The summed E-state index contributed by atoms with van der Waals surface area (Å²) in [6.07, 6.45) is 1.72. The monoisotopic (exact) mass is 286 g/mol. The van der Waals surface area contributed by atoms with E-state index in [9.17, 15) is 9.90 Å². The van der Waals surface area contributed by atoms with Gasteiger partial charge in [0.2, 0.25) is 0 Å². The fraction of sp³-hybridized carbons (Fsp3) is 0.611. The molecule has 1 aromatic rings. The van der Waals surface area contributed by atoms with E-state index in [2.05, 4.69) is 37.8 Å². The molecule has 3 fully saturated rings. The largest absolute Gasteiger partial charge is 0.550 e. The van der Waals surface area contributed by atoms with E-state index in [1.54, 1.807) is 0 Å². The Morgan fingerprint density at radius 3 is 2.62 bits per heavy atom. The highest BCUT2D eigenvalue weighted by Crippen LogP contribution is 2.54. The molecule has 3 heteroatoms. The molecule has 114 valence electrons. The van der Waals surface area contributed by atoms with Crippen LogP contribution < -0.4 is 5.11 Å². The van der Waals surface area contributed by atoms with Gasteiger partial charge in [0, 0.05) is 30.5 Å². The minimum atomic E-state index is -0.872. The van der Waals surface area contributed by atoms with Crippen LogP contribution in [-0.2, 0) is 11.3 Å². The van der Waals surface area contributed by atoms with Crippen molar-refractivity contribution in [2.75, 3.05) is 0 Å². The Labute approximate surface area is 127 Å². The van der Waals surface area contributed by atoms with E-state index in [-0.39, 0.29) is 17.4 Å². The number of fused-ring (bicyclic) bond motifs is 3. The molecule has 1 aromatic carbocycles. The lowest BCUT2D eigenvalue weighted by molar-refractivity contribution is -0.320. The van der Waals surface area contributed by atoms with Gasteiger partial charge in [0.15, 0.2) is 0 Å². The van der Waals surface area contributed by atoms with Crippen molar-refractivity contribution in [2.24, 2.45) is 17.3 Å². The molecular formula is C18H24NO2-. The smallest absolute Gasteiger partial charge is 0.0461 e. The van der Waals surface area contributed by atoms with Crippen LogP contribution in [0.25, 0.3) is 0 Å². The van der Waals surface area contributed by atoms with Gasteiger partial charge in [0.25, 0.3) is 0 Å². The van der Waals surface area contributed by atoms with E-state index < -0.39 is 5.97 Å². The number of benzene rings is 1. The second-order valence-electron chi connectivity index (χ2n) is 7.17. The first-order valence-electron chi connectivity index (χ1n) is 7.94. The molecular weight excluding hydrogens is 262 g/mol. The quantitative estimate of drug-likeness (QED) is 0.854. The molecule has 21 heavy (non-hydrogen) atoms. The number of carbonyl (C=O) groups is 1. The molecule has 1 saturated carbocycles. The van der Waals surface area contributed by atoms with Crippen LogP contribution >= 0.6 is 0 Å². The molecule has 2 bridgehead atoms. The van der Waals surface area contributed by atoms with Crippen molar-refractivity contribution in [3.8, 4) is 0 Å².